The van der Waals surface area contributed by atoms with E-state index in [0.29, 0.717) is 0 Å². The van der Waals surface area contributed by atoms with Gasteiger partial charge in [-0.25, -0.2) is 4.98 Å². The molecule has 0 aromatic carbocycles. The standard InChI is InChI=1S/C13H26N4S/c1-5-13(4,17(6-2)7-3)11(16-14)10-12-15-8-9-18-12/h8-9,11,16H,5-7,10,14H2,1-4H3. The fourth-order valence-electron chi connectivity index (χ4n) is 2.62. The van der Waals surface area contributed by atoms with Gasteiger partial charge in [0.2, 0.25) is 0 Å². The third-order valence-corrected chi connectivity index (χ3v) is 4.82. The predicted octanol–water partition coefficient (Wildman–Crippen LogP) is 2.03. The SMILES string of the molecule is CCN(CC)C(C)(CC)C(Cc1nccs1)NN. The Labute approximate surface area is 115 Å². The fraction of sp³-hybridized carbons (Fsp3) is 0.769. The number of rotatable bonds is 8. The molecule has 1 heterocycles. The molecule has 3 N–H and O–H groups in total. The van der Waals surface area contributed by atoms with Crippen LogP contribution in [0.25, 0.3) is 0 Å². The molecule has 2 atom stereocenters. The summed E-state index contributed by atoms with van der Waals surface area (Å²) in [5.41, 5.74) is 3.07. The van der Waals surface area contributed by atoms with Gasteiger partial charge in [-0.05, 0) is 26.4 Å². The lowest BCUT2D eigenvalue weighted by Crippen LogP contribution is -2.61. The number of hydrogen-bond donors (Lipinski definition) is 2. The van der Waals surface area contributed by atoms with Crippen molar-refractivity contribution in [2.45, 2.75) is 52.1 Å². The van der Waals surface area contributed by atoms with Crippen LogP contribution in [-0.4, -0.2) is 34.6 Å². The monoisotopic (exact) mass is 270 g/mol. The molecule has 0 saturated carbocycles. The zero-order valence-corrected chi connectivity index (χ0v) is 12.8. The zero-order valence-electron chi connectivity index (χ0n) is 11.9. The van der Waals surface area contributed by atoms with Gasteiger partial charge in [0.25, 0.3) is 0 Å². The van der Waals surface area contributed by atoms with Gasteiger partial charge in [0.15, 0.2) is 0 Å². The van der Waals surface area contributed by atoms with Crippen molar-refractivity contribution in [2.24, 2.45) is 5.84 Å². The van der Waals surface area contributed by atoms with E-state index in [9.17, 15) is 0 Å². The average Bonchev–Trinajstić information content (AvgIpc) is 2.89. The highest BCUT2D eigenvalue weighted by molar-refractivity contribution is 7.09. The van der Waals surface area contributed by atoms with E-state index in [0.717, 1.165) is 30.9 Å². The number of thiazole rings is 1. The molecule has 0 bridgehead atoms. The Balaban J connectivity index is 2.87. The average molecular weight is 270 g/mol. The smallest absolute Gasteiger partial charge is 0.0941 e. The van der Waals surface area contributed by atoms with E-state index in [1.54, 1.807) is 11.3 Å². The molecule has 0 saturated heterocycles. The van der Waals surface area contributed by atoms with Crippen LogP contribution >= 0.6 is 11.3 Å². The number of hydrogen-bond acceptors (Lipinski definition) is 5. The molecule has 0 spiro atoms. The molecule has 0 fully saturated rings. The molecule has 1 aromatic rings. The van der Waals surface area contributed by atoms with Gasteiger partial charge >= 0.3 is 0 Å². The highest BCUT2D eigenvalue weighted by Gasteiger charge is 2.36. The van der Waals surface area contributed by atoms with E-state index in [-0.39, 0.29) is 11.6 Å². The van der Waals surface area contributed by atoms with Gasteiger partial charge < -0.3 is 0 Å². The summed E-state index contributed by atoms with van der Waals surface area (Å²) in [6, 6.07) is 0.216. The maximum absolute atomic E-state index is 5.80. The Morgan fingerprint density at radius 1 is 1.44 bits per heavy atom. The van der Waals surface area contributed by atoms with Crippen molar-refractivity contribution < 1.29 is 0 Å². The second kappa shape index (κ2) is 7.19. The molecule has 0 aliphatic rings. The van der Waals surface area contributed by atoms with Gasteiger partial charge in [-0.1, -0.05) is 20.8 Å². The van der Waals surface area contributed by atoms with Crippen molar-refractivity contribution in [3.63, 3.8) is 0 Å². The van der Waals surface area contributed by atoms with Crippen LogP contribution in [0, 0.1) is 0 Å². The van der Waals surface area contributed by atoms with Gasteiger partial charge in [0, 0.05) is 29.6 Å². The molecule has 1 rings (SSSR count). The van der Waals surface area contributed by atoms with Crippen molar-refractivity contribution in [2.75, 3.05) is 13.1 Å². The van der Waals surface area contributed by atoms with Gasteiger partial charge in [-0.15, -0.1) is 11.3 Å². The molecule has 2 unspecified atom stereocenters. The molecule has 18 heavy (non-hydrogen) atoms. The second-order valence-corrected chi connectivity index (χ2v) is 5.71. The largest absolute Gasteiger partial charge is 0.297 e. The lowest BCUT2D eigenvalue weighted by Gasteiger charge is -2.45. The molecule has 104 valence electrons. The van der Waals surface area contributed by atoms with Crippen LogP contribution in [0.1, 0.15) is 39.1 Å². The predicted molar refractivity (Wildman–Crippen MR) is 78.5 cm³/mol. The number of hydrazine groups is 1. The quantitative estimate of drug-likeness (QED) is 0.560. The van der Waals surface area contributed by atoms with E-state index >= 15 is 0 Å². The first-order chi connectivity index (χ1) is 8.62. The highest BCUT2D eigenvalue weighted by Crippen LogP contribution is 2.26. The summed E-state index contributed by atoms with van der Waals surface area (Å²) in [6.45, 7) is 11.0. The minimum absolute atomic E-state index is 0.0594. The minimum Gasteiger partial charge on any atom is -0.297 e. The molecule has 0 radical (unpaired) electrons. The third-order valence-electron chi connectivity index (χ3n) is 4.02. The van der Waals surface area contributed by atoms with Crippen LogP contribution in [0.2, 0.25) is 0 Å². The summed E-state index contributed by atoms with van der Waals surface area (Å²) in [6.07, 6.45) is 3.80. The van der Waals surface area contributed by atoms with E-state index in [4.69, 9.17) is 5.84 Å². The van der Waals surface area contributed by atoms with Crippen LogP contribution in [-0.2, 0) is 6.42 Å². The number of likely N-dealkylation sites (N-methyl/N-ethyl adjacent to an activating group) is 1. The Hall–Kier alpha value is -0.490. The van der Waals surface area contributed by atoms with Crippen LogP contribution in [0.15, 0.2) is 11.6 Å². The summed E-state index contributed by atoms with van der Waals surface area (Å²) in [4.78, 5) is 6.84. The van der Waals surface area contributed by atoms with Crippen LogP contribution in [0.4, 0.5) is 0 Å². The Morgan fingerprint density at radius 3 is 2.50 bits per heavy atom. The summed E-state index contributed by atoms with van der Waals surface area (Å²) in [7, 11) is 0. The van der Waals surface area contributed by atoms with Crippen molar-refractivity contribution in [3.8, 4) is 0 Å². The van der Waals surface area contributed by atoms with Gasteiger partial charge in [0.05, 0.1) is 5.01 Å². The molecule has 0 amide bonds. The second-order valence-electron chi connectivity index (χ2n) is 4.73. The summed E-state index contributed by atoms with van der Waals surface area (Å²) >= 11 is 1.69. The van der Waals surface area contributed by atoms with Crippen LogP contribution < -0.4 is 11.3 Å². The fourth-order valence-corrected chi connectivity index (χ4v) is 3.29. The van der Waals surface area contributed by atoms with Crippen LogP contribution in [0.5, 0.6) is 0 Å². The third kappa shape index (κ3) is 3.29. The Kier molecular flexibility index (Phi) is 6.21. The maximum atomic E-state index is 5.80. The number of aromatic nitrogens is 1. The lowest BCUT2D eigenvalue weighted by atomic mass is 9.85. The first kappa shape index (κ1) is 15.6. The first-order valence-electron chi connectivity index (χ1n) is 6.71. The van der Waals surface area contributed by atoms with Gasteiger partial charge in [-0.3, -0.25) is 16.2 Å². The molecule has 4 nitrogen and oxygen atoms in total. The van der Waals surface area contributed by atoms with E-state index in [2.05, 4.69) is 43.0 Å². The van der Waals surface area contributed by atoms with Crippen molar-refractivity contribution >= 4 is 11.3 Å². The van der Waals surface area contributed by atoms with Crippen molar-refractivity contribution in [1.29, 1.82) is 0 Å². The highest BCUT2D eigenvalue weighted by atomic mass is 32.1. The van der Waals surface area contributed by atoms with Gasteiger partial charge in [-0.2, -0.15) is 0 Å². The molecular weight excluding hydrogens is 244 g/mol. The van der Waals surface area contributed by atoms with E-state index < -0.39 is 0 Å². The Morgan fingerprint density at radius 2 is 2.11 bits per heavy atom. The zero-order chi connectivity index (χ0) is 13.6. The molecular formula is C13H26N4S. The minimum atomic E-state index is 0.0594. The van der Waals surface area contributed by atoms with Crippen LogP contribution in [0.3, 0.4) is 0 Å². The normalized spacial score (nSPS) is 16.8. The summed E-state index contributed by atoms with van der Waals surface area (Å²) < 4.78 is 0. The maximum Gasteiger partial charge on any atom is 0.0941 e. The topological polar surface area (TPSA) is 54.2 Å². The molecule has 5 heteroatoms. The number of nitrogens with zero attached hydrogens (tertiary/aromatic N) is 2. The Bertz CT molecular complexity index is 324. The first-order valence-corrected chi connectivity index (χ1v) is 7.59. The van der Waals surface area contributed by atoms with E-state index in [1.165, 1.54) is 0 Å². The summed E-state index contributed by atoms with van der Waals surface area (Å²) in [5.74, 6) is 5.80. The summed E-state index contributed by atoms with van der Waals surface area (Å²) in [5, 5.41) is 3.16. The molecule has 0 aliphatic heterocycles. The lowest BCUT2D eigenvalue weighted by molar-refractivity contribution is 0.0701. The number of nitrogens with two attached hydrogens (primary N) is 1. The van der Waals surface area contributed by atoms with Crippen molar-refractivity contribution in [1.82, 2.24) is 15.3 Å². The van der Waals surface area contributed by atoms with Gasteiger partial charge in [0.1, 0.15) is 0 Å². The number of nitrogens with one attached hydrogen (secondary N) is 1. The van der Waals surface area contributed by atoms with Crippen molar-refractivity contribution in [3.05, 3.63) is 16.6 Å². The molecule has 1 aromatic heterocycles. The molecule has 0 aliphatic carbocycles. The van der Waals surface area contributed by atoms with E-state index in [1.807, 2.05) is 11.6 Å².